The van der Waals surface area contributed by atoms with Crippen LogP contribution >= 0.6 is 27.3 Å². The van der Waals surface area contributed by atoms with Crippen molar-refractivity contribution in [2.75, 3.05) is 13.1 Å². The fourth-order valence-electron chi connectivity index (χ4n) is 1.88. The smallest absolute Gasteiger partial charge is 0.251 e. The molecule has 3 N–H and O–H groups in total. The summed E-state index contributed by atoms with van der Waals surface area (Å²) in [4.78, 5) is 13.2. The van der Waals surface area contributed by atoms with Gasteiger partial charge in [-0.15, -0.1) is 11.3 Å². The lowest BCUT2D eigenvalue weighted by molar-refractivity contribution is 0.0954. The Bertz CT molecular complexity index is 566. The van der Waals surface area contributed by atoms with Crippen molar-refractivity contribution in [2.45, 2.75) is 12.8 Å². The van der Waals surface area contributed by atoms with E-state index in [1.165, 1.54) is 4.88 Å². The molecule has 1 aromatic carbocycles. The number of amides is 1. The lowest BCUT2D eigenvalue weighted by Crippen LogP contribution is -2.25. The maximum Gasteiger partial charge on any atom is 0.251 e. The Hall–Kier alpha value is -1.17. The SMILES string of the molecule is NCCc1ccc(C(=O)NCCc2ccc(Br)s2)cc1. The highest BCUT2D eigenvalue weighted by Gasteiger charge is 2.05. The van der Waals surface area contributed by atoms with Crippen LogP contribution in [0.1, 0.15) is 20.8 Å². The summed E-state index contributed by atoms with van der Waals surface area (Å²) in [7, 11) is 0. The summed E-state index contributed by atoms with van der Waals surface area (Å²) in [5, 5.41) is 2.94. The van der Waals surface area contributed by atoms with Gasteiger partial charge in [0.25, 0.3) is 5.91 Å². The molecule has 2 rings (SSSR count). The van der Waals surface area contributed by atoms with E-state index in [4.69, 9.17) is 5.73 Å². The van der Waals surface area contributed by atoms with Gasteiger partial charge in [0.1, 0.15) is 0 Å². The molecule has 1 amide bonds. The molecular formula is C15H17BrN2OS. The van der Waals surface area contributed by atoms with Crippen molar-refractivity contribution in [3.8, 4) is 0 Å². The highest BCUT2D eigenvalue weighted by atomic mass is 79.9. The van der Waals surface area contributed by atoms with Crippen molar-refractivity contribution in [3.05, 3.63) is 56.2 Å². The topological polar surface area (TPSA) is 55.1 Å². The minimum atomic E-state index is -0.0279. The van der Waals surface area contributed by atoms with Gasteiger partial charge in [0.05, 0.1) is 3.79 Å². The molecule has 0 atom stereocenters. The highest BCUT2D eigenvalue weighted by Crippen LogP contribution is 2.22. The predicted molar refractivity (Wildman–Crippen MR) is 87.3 cm³/mol. The summed E-state index contributed by atoms with van der Waals surface area (Å²) in [5.41, 5.74) is 7.35. The summed E-state index contributed by atoms with van der Waals surface area (Å²) in [6.45, 7) is 1.28. The Balaban J connectivity index is 1.82. The standard InChI is InChI=1S/C15H17BrN2OS/c16-14-6-5-13(20-14)8-10-18-15(19)12-3-1-11(2-4-12)7-9-17/h1-6H,7-10,17H2,(H,18,19). The lowest BCUT2D eigenvalue weighted by Gasteiger charge is -2.05. The van der Waals surface area contributed by atoms with E-state index in [0.29, 0.717) is 18.7 Å². The molecule has 2 aromatic rings. The van der Waals surface area contributed by atoms with Crippen LogP contribution in [0, 0.1) is 0 Å². The van der Waals surface area contributed by atoms with Gasteiger partial charge in [-0.25, -0.2) is 0 Å². The van der Waals surface area contributed by atoms with E-state index in [1.54, 1.807) is 11.3 Å². The second-order valence-corrected chi connectivity index (χ2v) is 6.99. The zero-order valence-electron chi connectivity index (χ0n) is 11.1. The number of halogens is 1. The molecular weight excluding hydrogens is 336 g/mol. The third-order valence-corrected chi connectivity index (χ3v) is 4.62. The number of hydrogen-bond acceptors (Lipinski definition) is 3. The highest BCUT2D eigenvalue weighted by molar-refractivity contribution is 9.11. The van der Waals surface area contributed by atoms with Crippen LogP contribution in [0.15, 0.2) is 40.2 Å². The first-order chi connectivity index (χ1) is 9.69. The Kier molecular flexibility index (Phi) is 5.76. The van der Waals surface area contributed by atoms with Crippen LogP contribution in [0.2, 0.25) is 0 Å². The Morgan fingerprint density at radius 3 is 2.50 bits per heavy atom. The zero-order valence-corrected chi connectivity index (χ0v) is 13.5. The molecule has 5 heteroatoms. The minimum absolute atomic E-state index is 0.0279. The van der Waals surface area contributed by atoms with E-state index in [0.717, 1.165) is 22.2 Å². The summed E-state index contributed by atoms with van der Waals surface area (Å²) in [6.07, 6.45) is 1.70. The average molecular weight is 353 g/mol. The van der Waals surface area contributed by atoms with Crippen LogP contribution < -0.4 is 11.1 Å². The van der Waals surface area contributed by atoms with Crippen LogP contribution in [-0.4, -0.2) is 19.0 Å². The molecule has 0 aliphatic rings. The quantitative estimate of drug-likeness (QED) is 0.839. The van der Waals surface area contributed by atoms with E-state index >= 15 is 0 Å². The Morgan fingerprint density at radius 1 is 1.15 bits per heavy atom. The van der Waals surface area contributed by atoms with Crippen molar-refractivity contribution < 1.29 is 4.79 Å². The number of carbonyl (C=O) groups is 1. The number of carbonyl (C=O) groups excluding carboxylic acids is 1. The summed E-state index contributed by atoms with van der Waals surface area (Å²) < 4.78 is 1.12. The van der Waals surface area contributed by atoms with E-state index in [9.17, 15) is 4.79 Å². The van der Waals surface area contributed by atoms with E-state index in [1.807, 2.05) is 30.3 Å². The molecule has 1 heterocycles. The van der Waals surface area contributed by atoms with Gasteiger partial charge in [-0.1, -0.05) is 12.1 Å². The second-order valence-electron chi connectivity index (χ2n) is 4.45. The van der Waals surface area contributed by atoms with Gasteiger partial charge in [0.2, 0.25) is 0 Å². The van der Waals surface area contributed by atoms with Gasteiger partial charge in [0, 0.05) is 17.0 Å². The molecule has 106 valence electrons. The fraction of sp³-hybridized carbons (Fsp3) is 0.267. The summed E-state index contributed by atoms with van der Waals surface area (Å²) in [5.74, 6) is -0.0279. The number of thiophene rings is 1. The van der Waals surface area contributed by atoms with Crippen LogP contribution in [0.3, 0.4) is 0 Å². The Labute approximate surface area is 131 Å². The molecule has 0 radical (unpaired) electrons. The zero-order chi connectivity index (χ0) is 14.4. The van der Waals surface area contributed by atoms with Crippen molar-refractivity contribution in [1.29, 1.82) is 0 Å². The molecule has 0 saturated heterocycles. The first kappa shape index (κ1) is 15.2. The first-order valence-electron chi connectivity index (χ1n) is 6.50. The van der Waals surface area contributed by atoms with Crippen molar-refractivity contribution in [2.24, 2.45) is 5.73 Å². The minimum Gasteiger partial charge on any atom is -0.352 e. The van der Waals surface area contributed by atoms with Crippen LogP contribution in [0.25, 0.3) is 0 Å². The monoisotopic (exact) mass is 352 g/mol. The third kappa shape index (κ3) is 4.44. The van der Waals surface area contributed by atoms with Crippen molar-refractivity contribution in [1.82, 2.24) is 5.32 Å². The number of hydrogen-bond donors (Lipinski definition) is 2. The van der Waals surface area contributed by atoms with Gasteiger partial charge in [0.15, 0.2) is 0 Å². The predicted octanol–water partition coefficient (Wildman–Crippen LogP) is 2.98. The molecule has 0 bridgehead atoms. The summed E-state index contributed by atoms with van der Waals surface area (Å²) in [6, 6.07) is 11.7. The molecule has 3 nitrogen and oxygen atoms in total. The largest absolute Gasteiger partial charge is 0.352 e. The lowest BCUT2D eigenvalue weighted by atomic mass is 10.1. The molecule has 0 aliphatic heterocycles. The van der Waals surface area contributed by atoms with Crippen molar-refractivity contribution in [3.63, 3.8) is 0 Å². The summed E-state index contributed by atoms with van der Waals surface area (Å²) >= 11 is 5.13. The molecule has 0 fully saturated rings. The van der Waals surface area contributed by atoms with Gasteiger partial charge < -0.3 is 11.1 Å². The second kappa shape index (κ2) is 7.57. The number of nitrogens with two attached hydrogens (primary N) is 1. The Morgan fingerprint density at radius 2 is 1.90 bits per heavy atom. The number of rotatable bonds is 6. The maximum absolute atomic E-state index is 12.0. The number of nitrogens with one attached hydrogen (secondary N) is 1. The normalized spacial score (nSPS) is 10.5. The molecule has 20 heavy (non-hydrogen) atoms. The first-order valence-corrected chi connectivity index (χ1v) is 8.11. The van der Waals surface area contributed by atoms with Gasteiger partial charge in [-0.2, -0.15) is 0 Å². The van der Waals surface area contributed by atoms with E-state index in [-0.39, 0.29) is 5.91 Å². The maximum atomic E-state index is 12.0. The molecule has 0 aliphatic carbocycles. The molecule has 0 unspecified atom stereocenters. The molecule has 0 saturated carbocycles. The van der Waals surface area contributed by atoms with Gasteiger partial charge in [-0.3, -0.25) is 4.79 Å². The van der Waals surface area contributed by atoms with Crippen LogP contribution in [0.5, 0.6) is 0 Å². The van der Waals surface area contributed by atoms with E-state index < -0.39 is 0 Å². The third-order valence-electron chi connectivity index (χ3n) is 2.93. The average Bonchev–Trinajstić information content (AvgIpc) is 2.85. The van der Waals surface area contributed by atoms with Crippen molar-refractivity contribution >= 4 is 33.2 Å². The van der Waals surface area contributed by atoms with Crippen LogP contribution in [0.4, 0.5) is 0 Å². The van der Waals surface area contributed by atoms with Crippen LogP contribution in [-0.2, 0) is 12.8 Å². The molecule has 1 aromatic heterocycles. The van der Waals surface area contributed by atoms with Gasteiger partial charge in [-0.05, 0) is 65.1 Å². The number of benzene rings is 1. The molecule has 0 spiro atoms. The van der Waals surface area contributed by atoms with E-state index in [2.05, 4.69) is 27.3 Å². The van der Waals surface area contributed by atoms with Gasteiger partial charge >= 0.3 is 0 Å². The fourth-order valence-corrected chi connectivity index (χ4v) is 3.36.